The standard InChI is InChI=1S/C31H24Cl2N2O4/c1-35-27-13-6-3-8-19(27)16-23(30(35)37)22-15-14-18(20-9-4-5-10-21(20)22)17-26(31(38)39-2)34-29(36)28-24(32)11-7-12-25(28)33/h3-16,26H,17H2,1-2H3,(H,34,36)/t26-/m0/s1. The topological polar surface area (TPSA) is 77.4 Å². The van der Waals surface area contributed by atoms with Gasteiger partial charge in [-0.05, 0) is 51.6 Å². The van der Waals surface area contributed by atoms with Gasteiger partial charge in [-0.1, -0.05) is 83.9 Å². The Balaban J connectivity index is 1.57. The van der Waals surface area contributed by atoms with Crippen molar-refractivity contribution in [3.8, 4) is 11.1 Å². The van der Waals surface area contributed by atoms with Gasteiger partial charge in [0.15, 0.2) is 0 Å². The van der Waals surface area contributed by atoms with Gasteiger partial charge in [-0.15, -0.1) is 0 Å². The Morgan fingerprint density at radius 2 is 1.54 bits per heavy atom. The van der Waals surface area contributed by atoms with Gasteiger partial charge in [0.2, 0.25) is 0 Å². The first-order valence-electron chi connectivity index (χ1n) is 12.2. The highest BCUT2D eigenvalue weighted by molar-refractivity contribution is 6.39. The summed E-state index contributed by atoms with van der Waals surface area (Å²) in [6, 6.07) is 24.8. The van der Waals surface area contributed by atoms with E-state index in [1.807, 2.05) is 66.7 Å². The fraction of sp³-hybridized carbons (Fsp3) is 0.129. The van der Waals surface area contributed by atoms with Gasteiger partial charge in [-0.2, -0.15) is 0 Å². The molecule has 4 aromatic carbocycles. The molecule has 0 aliphatic rings. The van der Waals surface area contributed by atoms with Crippen LogP contribution in [0.15, 0.2) is 89.7 Å². The van der Waals surface area contributed by atoms with Crippen molar-refractivity contribution >= 4 is 56.8 Å². The Bertz CT molecular complexity index is 1790. The monoisotopic (exact) mass is 558 g/mol. The van der Waals surface area contributed by atoms with Gasteiger partial charge >= 0.3 is 5.97 Å². The number of para-hydroxylation sites is 1. The molecular formula is C31H24Cl2N2O4. The van der Waals surface area contributed by atoms with Crippen molar-refractivity contribution in [2.75, 3.05) is 7.11 Å². The summed E-state index contributed by atoms with van der Waals surface area (Å²) in [5, 5.41) is 5.74. The van der Waals surface area contributed by atoms with E-state index in [0.717, 1.165) is 32.8 Å². The summed E-state index contributed by atoms with van der Waals surface area (Å²) in [6.07, 6.45) is 0.150. The van der Waals surface area contributed by atoms with E-state index in [2.05, 4.69) is 5.32 Å². The number of amides is 1. The number of pyridine rings is 1. The number of hydrogen-bond acceptors (Lipinski definition) is 4. The number of carbonyl (C=O) groups is 2. The highest BCUT2D eigenvalue weighted by Crippen LogP contribution is 2.32. The van der Waals surface area contributed by atoms with Crippen LogP contribution in [-0.2, 0) is 23.0 Å². The molecule has 0 unspecified atom stereocenters. The Morgan fingerprint density at radius 1 is 0.872 bits per heavy atom. The molecule has 1 amide bonds. The minimum absolute atomic E-state index is 0.0853. The Kier molecular flexibility index (Phi) is 7.42. The van der Waals surface area contributed by atoms with Crippen molar-refractivity contribution in [3.05, 3.63) is 116 Å². The van der Waals surface area contributed by atoms with Crippen molar-refractivity contribution in [2.45, 2.75) is 12.5 Å². The molecule has 6 nitrogen and oxygen atoms in total. The third-order valence-electron chi connectivity index (χ3n) is 6.84. The molecule has 5 aromatic rings. The normalized spacial score (nSPS) is 11.9. The van der Waals surface area contributed by atoms with Crippen LogP contribution in [0.2, 0.25) is 10.0 Å². The molecule has 0 saturated heterocycles. The van der Waals surface area contributed by atoms with Gasteiger partial charge in [0.25, 0.3) is 11.5 Å². The van der Waals surface area contributed by atoms with Crippen LogP contribution in [0.1, 0.15) is 15.9 Å². The quantitative estimate of drug-likeness (QED) is 0.252. The number of hydrogen-bond donors (Lipinski definition) is 1. The fourth-order valence-electron chi connectivity index (χ4n) is 4.89. The summed E-state index contributed by atoms with van der Waals surface area (Å²) in [6.45, 7) is 0. The second-order valence-corrected chi connectivity index (χ2v) is 9.96. The number of nitrogens with one attached hydrogen (secondary N) is 1. The SMILES string of the molecule is COC(=O)[C@H](Cc1ccc(-c2cc3ccccc3n(C)c2=O)c2ccccc12)NC(=O)c1c(Cl)cccc1Cl. The van der Waals surface area contributed by atoms with E-state index in [0.29, 0.717) is 5.56 Å². The molecule has 0 saturated carbocycles. The second kappa shape index (κ2) is 10.9. The van der Waals surface area contributed by atoms with Crippen LogP contribution in [0.5, 0.6) is 0 Å². The number of halogens is 2. The Morgan fingerprint density at radius 3 is 2.26 bits per heavy atom. The molecule has 196 valence electrons. The molecule has 5 rings (SSSR count). The van der Waals surface area contributed by atoms with E-state index in [9.17, 15) is 14.4 Å². The maximum Gasteiger partial charge on any atom is 0.328 e. The lowest BCUT2D eigenvalue weighted by Crippen LogP contribution is -2.43. The smallest absolute Gasteiger partial charge is 0.328 e. The van der Waals surface area contributed by atoms with Crippen molar-refractivity contribution in [1.29, 1.82) is 0 Å². The molecule has 1 aromatic heterocycles. The number of carbonyl (C=O) groups excluding carboxylic acids is 2. The average Bonchev–Trinajstić information content (AvgIpc) is 2.94. The van der Waals surface area contributed by atoms with E-state index in [4.69, 9.17) is 27.9 Å². The fourth-order valence-corrected chi connectivity index (χ4v) is 5.46. The van der Waals surface area contributed by atoms with Crippen LogP contribution in [-0.4, -0.2) is 29.6 Å². The van der Waals surface area contributed by atoms with Gasteiger partial charge in [0, 0.05) is 19.0 Å². The molecule has 1 N–H and O–H groups in total. The summed E-state index contributed by atoms with van der Waals surface area (Å²) >= 11 is 12.4. The lowest BCUT2D eigenvalue weighted by Gasteiger charge is -2.19. The number of fused-ring (bicyclic) bond motifs is 2. The summed E-state index contributed by atoms with van der Waals surface area (Å²) in [7, 11) is 3.03. The molecule has 0 aliphatic heterocycles. The largest absolute Gasteiger partial charge is 0.467 e. The Hall–Kier alpha value is -4.13. The van der Waals surface area contributed by atoms with E-state index < -0.39 is 17.9 Å². The van der Waals surface area contributed by atoms with Gasteiger partial charge in [0.05, 0.1) is 28.2 Å². The average molecular weight is 559 g/mol. The first-order chi connectivity index (χ1) is 18.8. The Labute approximate surface area is 234 Å². The van der Waals surface area contributed by atoms with Crippen molar-refractivity contribution < 1.29 is 14.3 Å². The first kappa shape index (κ1) is 26.5. The van der Waals surface area contributed by atoms with Crippen LogP contribution >= 0.6 is 23.2 Å². The molecule has 1 atom stereocenters. The summed E-state index contributed by atoms with van der Waals surface area (Å²) in [4.78, 5) is 39.2. The second-order valence-electron chi connectivity index (χ2n) is 9.15. The molecule has 0 radical (unpaired) electrons. The molecular weight excluding hydrogens is 535 g/mol. The van der Waals surface area contributed by atoms with Gasteiger partial charge in [0.1, 0.15) is 6.04 Å². The number of aromatic nitrogens is 1. The minimum atomic E-state index is -1.00. The summed E-state index contributed by atoms with van der Waals surface area (Å²) in [5.74, 6) is -1.19. The number of aryl methyl sites for hydroxylation is 1. The molecule has 0 bridgehead atoms. The number of benzene rings is 4. The molecule has 1 heterocycles. The zero-order chi connectivity index (χ0) is 27.7. The van der Waals surface area contributed by atoms with Gasteiger partial charge in [-0.3, -0.25) is 9.59 Å². The molecule has 0 aliphatic carbocycles. The number of esters is 1. The van der Waals surface area contributed by atoms with Crippen molar-refractivity contribution in [1.82, 2.24) is 9.88 Å². The van der Waals surface area contributed by atoms with Crippen LogP contribution in [0.25, 0.3) is 32.8 Å². The summed E-state index contributed by atoms with van der Waals surface area (Å²) in [5.41, 5.74) is 2.98. The van der Waals surface area contributed by atoms with Crippen molar-refractivity contribution in [3.63, 3.8) is 0 Å². The van der Waals surface area contributed by atoms with E-state index in [1.165, 1.54) is 7.11 Å². The number of methoxy groups -OCH3 is 1. The van der Waals surface area contributed by atoms with Crippen LogP contribution < -0.4 is 10.9 Å². The number of nitrogens with zero attached hydrogens (tertiary/aromatic N) is 1. The number of rotatable bonds is 6. The molecule has 0 spiro atoms. The van der Waals surface area contributed by atoms with Gasteiger partial charge in [-0.25, -0.2) is 4.79 Å². The molecule has 8 heteroatoms. The molecule has 39 heavy (non-hydrogen) atoms. The van der Waals surface area contributed by atoms with Crippen LogP contribution in [0, 0.1) is 0 Å². The van der Waals surface area contributed by atoms with Crippen molar-refractivity contribution in [2.24, 2.45) is 7.05 Å². The minimum Gasteiger partial charge on any atom is -0.467 e. The third kappa shape index (κ3) is 5.01. The maximum atomic E-state index is 13.4. The zero-order valence-electron chi connectivity index (χ0n) is 21.2. The highest BCUT2D eigenvalue weighted by Gasteiger charge is 2.26. The molecule has 0 fully saturated rings. The zero-order valence-corrected chi connectivity index (χ0v) is 22.7. The predicted octanol–water partition coefficient (Wildman–Crippen LogP) is 6.18. The van der Waals surface area contributed by atoms with E-state index >= 15 is 0 Å². The van der Waals surface area contributed by atoms with Crippen LogP contribution in [0.3, 0.4) is 0 Å². The maximum absolute atomic E-state index is 13.4. The van der Waals surface area contributed by atoms with E-state index in [1.54, 1.807) is 29.8 Å². The predicted molar refractivity (Wildman–Crippen MR) is 156 cm³/mol. The van der Waals surface area contributed by atoms with E-state index in [-0.39, 0.29) is 27.6 Å². The number of ether oxygens (including phenoxy) is 1. The third-order valence-corrected chi connectivity index (χ3v) is 7.47. The highest BCUT2D eigenvalue weighted by atomic mass is 35.5. The lowest BCUT2D eigenvalue weighted by atomic mass is 9.92. The summed E-state index contributed by atoms with van der Waals surface area (Å²) < 4.78 is 6.64. The van der Waals surface area contributed by atoms with Crippen LogP contribution in [0.4, 0.5) is 0 Å². The lowest BCUT2D eigenvalue weighted by molar-refractivity contribution is -0.142. The first-order valence-corrected chi connectivity index (χ1v) is 13.0. The van der Waals surface area contributed by atoms with Gasteiger partial charge < -0.3 is 14.6 Å².